The molecule has 2 aromatic heterocycles. The molecule has 2 fully saturated rings. The molecule has 3 atom stereocenters. The van der Waals surface area contributed by atoms with E-state index in [4.69, 9.17) is 0 Å². The topological polar surface area (TPSA) is 67.1 Å². The molecule has 2 aliphatic rings. The molecule has 2 aliphatic carbocycles. The number of phenolic OH excluding ortho intramolecular Hbond substituents is 1. The molecule has 3 aromatic rings. The first-order valence-corrected chi connectivity index (χ1v) is 10.9. The summed E-state index contributed by atoms with van der Waals surface area (Å²) >= 11 is 0. The van der Waals surface area contributed by atoms with Crippen molar-refractivity contribution < 1.29 is 5.11 Å². The lowest BCUT2D eigenvalue weighted by Gasteiger charge is -2.35. The van der Waals surface area contributed by atoms with E-state index in [2.05, 4.69) is 27.1 Å². The second kappa shape index (κ2) is 7.42. The summed E-state index contributed by atoms with van der Waals surface area (Å²) in [5.41, 5.74) is 3.20. The first-order valence-electron chi connectivity index (χ1n) is 10.9. The Kier molecular flexibility index (Phi) is 4.72. The quantitative estimate of drug-likeness (QED) is 0.686. The van der Waals surface area contributed by atoms with Gasteiger partial charge in [-0.05, 0) is 69.2 Å². The standard InChI is InChI=1S/C24H29N5O/c1-15-14-29(16(2)25-15)19-6-7-21(23(30)13-19)22-8-9-24(27-26-22)28(3)20-11-17-4-5-18(10-17)12-20/h6-9,13-14,17-18,20,30H,4-5,10-12H2,1-3H3/t17-,18+,20+. The molecule has 2 heterocycles. The molecule has 6 heteroatoms. The summed E-state index contributed by atoms with van der Waals surface area (Å²) in [6.45, 7) is 3.92. The number of aromatic nitrogens is 4. The Morgan fingerprint density at radius 1 is 1.00 bits per heavy atom. The van der Waals surface area contributed by atoms with Crippen LogP contribution < -0.4 is 4.90 Å². The molecule has 0 aliphatic heterocycles. The lowest BCUT2D eigenvalue weighted by Crippen LogP contribution is -2.37. The number of anilines is 1. The van der Waals surface area contributed by atoms with Crippen LogP contribution in [0.1, 0.15) is 43.6 Å². The third kappa shape index (κ3) is 3.44. The molecule has 0 unspecified atom stereocenters. The summed E-state index contributed by atoms with van der Waals surface area (Å²) in [6, 6.07) is 10.2. The molecule has 0 amide bonds. The van der Waals surface area contributed by atoms with Gasteiger partial charge in [-0.1, -0.05) is 12.8 Å². The fourth-order valence-corrected chi connectivity index (χ4v) is 5.40. The maximum atomic E-state index is 10.6. The molecule has 0 saturated heterocycles. The van der Waals surface area contributed by atoms with Crippen molar-refractivity contribution in [1.29, 1.82) is 0 Å². The van der Waals surface area contributed by atoms with Crippen LogP contribution in [-0.2, 0) is 0 Å². The second-order valence-electron chi connectivity index (χ2n) is 9.06. The van der Waals surface area contributed by atoms with Gasteiger partial charge in [0.15, 0.2) is 5.82 Å². The second-order valence-corrected chi connectivity index (χ2v) is 9.06. The van der Waals surface area contributed by atoms with Crippen LogP contribution in [0.25, 0.3) is 16.9 Å². The number of benzene rings is 1. The normalized spacial score (nSPS) is 23.0. The van der Waals surface area contributed by atoms with Crippen molar-refractivity contribution in [2.45, 2.75) is 52.0 Å². The number of hydrogen-bond acceptors (Lipinski definition) is 5. The third-order valence-electron chi connectivity index (χ3n) is 6.96. The summed E-state index contributed by atoms with van der Waals surface area (Å²) in [6.07, 6.45) is 8.71. The van der Waals surface area contributed by atoms with Crippen molar-refractivity contribution in [3.8, 4) is 22.7 Å². The first kappa shape index (κ1) is 19.1. The van der Waals surface area contributed by atoms with Crippen molar-refractivity contribution in [1.82, 2.24) is 19.7 Å². The maximum absolute atomic E-state index is 10.6. The van der Waals surface area contributed by atoms with Crippen LogP contribution in [0.4, 0.5) is 5.82 Å². The number of imidazole rings is 1. The minimum absolute atomic E-state index is 0.192. The number of aryl methyl sites for hydroxylation is 2. The van der Waals surface area contributed by atoms with Gasteiger partial charge in [-0.2, -0.15) is 0 Å². The lowest BCUT2D eigenvalue weighted by molar-refractivity contribution is 0.312. The fourth-order valence-electron chi connectivity index (χ4n) is 5.40. The van der Waals surface area contributed by atoms with Crippen LogP contribution in [0.15, 0.2) is 36.5 Å². The zero-order valence-electron chi connectivity index (χ0n) is 17.9. The Morgan fingerprint density at radius 3 is 2.37 bits per heavy atom. The zero-order valence-corrected chi connectivity index (χ0v) is 17.9. The fraction of sp³-hybridized carbons (Fsp3) is 0.458. The summed E-state index contributed by atoms with van der Waals surface area (Å²) < 4.78 is 1.97. The Balaban J connectivity index is 1.36. The molecular formula is C24H29N5O. The smallest absolute Gasteiger partial charge is 0.151 e. The summed E-state index contributed by atoms with van der Waals surface area (Å²) in [5, 5.41) is 19.6. The van der Waals surface area contributed by atoms with Crippen molar-refractivity contribution in [3.05, 3.63) is 48.0 Å². The van der Waals surface area contributed by atoms with Crippen LogP contribution in [-0.4, -0.2) is 37.9 Å². The van der Waals surface area contributed by atoms with E-state index in [-0.39, 0.29) is 5.75 Å². The maximum Gasteiger partial charge on any atom is 0.151 e. The van der Waals surface area contributed by atoms with E-state index in [1.807, 2.05) is 48.9 Å². The van der Waals surface area contributed by atoms with Gasteiger partial charge in [0.2, 0.25) is 0 Å². The molecule has 30 heavy (non-hydrogen) atoms. The average molecular weight is 404 g/mol. The number of nitrogens with zero attached hydrogens (tertiary/aromatic N) is 5. The molecule has 156 valence electrons. The summed E-state index contributed by atoms with van der Waals surface area (Å²) in [7, 11) is 2.14. The Bertz CT molecular complexity index is 1050. The highest BCUT2D eigenvalue weighted by Gasteiger charge is 2.36. The molecule has 6 nitrogen and oxygen atoms in total. The van der Waals surface area contributed by atoms with Gasteiger partial charge >= 0.3 is 0 Å². The minimum Gasteiger partial charge on any atom is -0.507 e. The number of fused-ring (bicyclic) bond motifs is 2. The van der Waals surface area contributed by atoms with E-state index in [1.165, 1.54) is 32.1 Å². The largest absolute Gasteiger partial charge is 0.507 e. The molecule has 2 saturated carbocycles. The van der Waals surface area contributed by atoms with Crippen molar-refractivity contribution >= 4 is 5.82 Å². The lowest BCUT2D eigenvalue weighted by atomic mass is 9.85. The van der Waals surface area contributed by atoms with E-state index >= 15 is 0 Å². The van der Waals surface area contributed by atoms with Gasteiger partial charge in [0, 0.05) is 30.9 Å². The van der Waals surface area contributed by atoms with E-state index in [9.17, 15) is 5.11 Å². The van der Waals surface area contributed by atoms with Gasteiger partial charge in [0.1, 0.15) is 11.6 Å². The first-order chi connectivity index (χ1) is 14.5. The van der Waals surface area contributed by atoms with Crippen LogP contribution in [0.2, 0.25) is 0 Å². The van der Waals surface area contributed by atoms with Crippen LogP contribution >= 0.6 is 0 Å². The SMILES string of the molecule is Cc1cn(-c2ccc(-c3ccc(N(C)[C@H]4C[C@@H]5CC[C@@H](C5)C4)nn3)c(O)c2)c(C)n1. The van der Waals surface area contributed by atoms with Crippen LogP contribution in [0.3, 0.4) is 0 Å². The molecule has 1 aromatic carbocycles. The summed E-state index contributed by atoms with van der Waals surface area (Å²) in [5.74, 6) is 3.77. The van der Waals surface area contributed by atoms with Gasteiger partial charge in [-0.25, -0.2) is 4.98 Å². The van der Waals surface area contributed by atoms with Crippen molar-refractivity contribution in [2.75, 3.05) is 11.9 Å². The molecule has 5 rings (SSSR count). The highest BCUT2D eigenvalue weighted by atomic mass is 16.3. The third-order valence-corrected chi connectivity index (χ3v) is 6.96. The van der Waals surface area contributed by atoms with Crippen molar-refractivity contribution in [2.24, 2.45) is 11.8 Å². The monoisotopic (exact) mass is 403 g/mol. The predicted molar refractivity (Wildman–Crippen MR) is 118 cm³/mol. The Hall–Kier alpha value is -2.89. The van der Waals surface area contributed by atoms with E-state index in [0.29, 0.717) is 17.3 Å². The van der Waals surface area contributed by atoms with E-state index in [0.717, 1.165) is 34.9 Å². The van der Waals surface area contributed by atoms with Gasteiger partial charge in [0.25, 0.3) is 0 Å². The molecular weight excluding hydrogens is 374 g/mol. The highest BCUT2D eigenvalue weighted by molar-refractivity contribution is 5.69. The van der Waals surface area contributed by atoms with Crippen molar-refractivity contribution in [3.63, 3.8) is 0 Å². The van der Waals surface area contributed by atoms with Gasteiger partial charge in [-0.15, -0.1) is 10.2 Å². The number of rotatable bonds is 4. The Labute approximate surface area is 177 Å². The Morgan fingerprint density at radius 2 is 1.77 bits per heavy atom. The van der Waals surface area contributed by atoms with Crippen LogP contribution in [0.5, 0.6) is 5.75 Å². The molecule has 2 bridgehead atoms. The average Bonchev–Trinajstić information content (AvgIpc) is 3.27. The van der Waals surface area contributed by atoms with E-state index < -0.39 is 0 Å². The number of aromatic hydroxyl groups is 1. The molecule has 1 N–H and O–H groups in total. The van der Waals surface area contributed by atoms with Crippen LogP contribution in [0, 0.1) is 25.7 Å². The molecule has 0 spiro atoms. The minimum atomic E-state index is 0.192. The van der Waals surface area contributed by atoms with Gasteiger partial charge in [0.05, 0.1) is 17.1 Å². The number of phenols is 1. The molecule has 0 radical (unpaired) electrons. The predicted octanol–water partition coefficient (Wildman–Crippen LogP) is 4.67. The highest BCUT2D eigenvalue weighted by Crippen LogP contribution is 2.43. The van der Waals surface area contributed by atoms with Gasteiger partial charge in [-0.3, -0.25) is 0 Å². The zero-order chi connectivity index (χ0) is 20.8. The van der Waals surface area contributed by atoms with E-state index in [1.54, 1.807) is 6.07 Å². The summed E-state index contributed by atoms with van der Waals surface area (Å²) in [4.78, 5) is 6.73. The number of hydrogen-bond donors (Lipinski definition) is 1. The van der Waals surface area contributed by atoms with Gasteiger partial charge < -0.3 is 14.6 Å².